The number of sulfone groups is 1. The van der Waals surface area contributed by atoms with Gasteiger partial charge in [0.1, 0.15) is 15.7 Å². The second-order valence-electron chi connectivity index (χ2n) is 4.39. The van der Waals surface area contributed by atoms with Gasteiger partial charge >= 0.3 is 0 Å². The van der Waals surface area contributed by atoms with Crippen LogP contribution in [0.2, 0.25) is 0 Å². The summed E-state index contributed by atoms with van der Waals surface area (Å²) in [4.78, 5) is 0. The SMILES string of the molecule is CC(C)c1ccc(F)c(CCS(C)(=O)=O)c1. The van der Waals surface area contributed by atoms with Gasteiger partial charge in [-0.2, -0.15) is 0 Å². The zero-order valence-corrected chi connectivity index (χ0v) is 10.6. The minimum Gasteiger partial charge on any atom is -0.229 e. The highest BCUT2D eigenvalue weighted by molar-refractivity contribution is 7.90. The Hall–Kier alpha value is -0.900. The molecule has 1 aromatic rings. The van der Waals surface area contributed by atoms with Gasteiger partial charge in [-0.1, -0.05) is 26.0 Å². The van der Waals surface area contributed by atoms with Gasteiger partial charge in [0.25, 0.3) is 0 Å². The normalized spacial score (nSPS) is 12.1. The van der Waals surface area contributed by atoms with Gasteiger partial charge in [0.05, 0.1) is 5.75 Å². The van der Waals surface area contributed by atoms with E-state index in [1.165, 1.54) is 6.07 Å². The molecular weight excluding hydrogens is 227 g/mol. The van der Waals surface area contributed by atoms with Gasteiger partial charge in [-0.15, -0.1) is 0 Å². The van der Waals surface area contributed by atoms with E-state index in [4.69, 9.17) is 0 Å². The standard InChI is InChI=1S/C12H17FO2S/c1-9(2)10-4-5-12(13)11(8-10)6-7-16(3,14)15/h4-5,8-9H,6-7H2,1-3H3. The van der Waals surface area contributed by atoms with Crippen molar-refractivity contribution in [1.29, 1.82) is 0 Å². The molecule has 0 saturated heterocycles. The van der Waals surface area contributed by atoms with Crippen LogP contribution in [-0.2, 0) is 16.3 Å². The van der Waals surface area contributed by atoms with Crippen LogP contribution in [0.3, 0.4) is 0 Å². The van der Waals surface area contributed by atoms with Crippen LogP contribution < -0.4 is 0 Å². The highest BCUT2D eigenvalue weighted by Gasteiger charge is 2.09. The summed E-state index contributed by atoms with van der Waals surface area (Å²) in [7, 11) is -3.04. The van der Waals surface area contributed by atoms with E-state index in [-0.39, 0.29) is 18.0 Å². The van der Waals surface area contributed by atoms with Crippen molar-refractivity contribution in [2.24, 2.45) is 0 Å². The zero-order chi connectivity index (χ0) is 12.3. The molecule has 0 radical (unpaired) electrons. The molecule has 0 saturated carbocycles. The highest BCUT2D eigenvalue weighted by atomic mass is 32.2. The molecule has 1 rings (SSSR count). The number of halogens is 1. The molecule has 2 nitrogen and oxygen atoms in total. The van der Waals surface area contributed by atoms with Gasteiger partial charge < -0.3 is 0 Å². The molecule has 0 N–H and O–H groups in total. The fourth-order valence-electron chi connectivity index (χ4n) is 1.44. The summed E-state index contributed by atoms with van der Waals surface area (Å²) in [5.74, 6) is -0.0171. The predicted molar refractivity (Wildman–Crippen MR) is 63.9 cm³/mol. The number of hydrogen-bond acceptors (Lipinski definition) is 2. The fraction of sp³-hybridized carbons (Fsp3) is 0.500. The molecule has 0 aromatic heterocycles. The van der Waals surface area contributed by atoms with Crippen molar-refractivity contribution in [2.75, 3.05) is 12.0 Å². The molecule has 0 aliphatic carbocycles. The Balaban J connectivity index is 2.90. The van der Waals surface area contributed by atoms with E-state index < -0.39 is 9.84 Å². The van der Waals surface area contributed by atoms with E-state index in [0.717, 1.165) is 11.8 Å². The lowest BCUT2D eigenvalue weighted by atomic mass is 10.00. The molecule has 0 aliphatic rings. The predicted octanol–water partition coefficient (Wildman–Crippen LogP) is 2.54. The van der Waals surface area contributed by atoms with Crippen LogP contribution in [0.4, 0.5) is 4.39 Å². The van der Waals surface area contributed by atoms with Gasteiger partial charge in [-0.3, -0.25) is 0 Å². The summed E-state index contributed by atoms with van der Waals surface area (Å²) in [6, 6.07) is 4.90. The van der Waals surface area contributed by atoms with Crippen molar-refractivity contribution in [3.05, 3.63) is 35.1 Å². The monoisotopic (exact) mass is 244 g/mol. The second kappa shape index (κ2) is 4.95. The van der Waals surface area contributed by atoms with E-state index >= 15 is 0 Å². The summed E-state index contributed by atoms with van der Waals surface area (Å²) in [6.45, 7) is 4.04. The Bertz CT molecular complexity index is 464. The van der Waals surface area contributed by atoms with Gasteiger partial charge in [0.2, 0.25) is 0 Å². The summed E-state index contributed by atoms with van der Waals surface area (Å²) >= 11 is 0. The van der Waals surface area contributed by atoms with Crippen LogP contribution in [-0.4, -0.2) is 20.4 Å². The van der Waals surface area contributed by atoms with Gasteiger partial charge in [0.15, 0.2) is 0 Å². The van der Waals surface area contributed by atoms with Crippen molar-refractivity contribution in [3.8, 4) is 0 Å². The molecular formula is C12H17FO2S. The second-order valence-corrected chi connectivity index (χ2v) is 6.65. The minimum atomic E-state index is -3.04. The van der Waals surface area contributed by atoms with Gasteiger partial charge in [0, 0.05) is 6.26 Å². The largest absolute Gasteiger partial charge is 0.229 e. The van der Waals surface area contributed by atoms with E-state index in [2.05, 4.69) is 0 Å². The lowest BCUT2D eigenvalue weighted by Crippen LogP contribution is -2.07. The Kier molecular flexibility index (Phi) is 4.08. The third-order valence-corrected chi connectivity index (χ3v) is 3.42. The van der Waals surface area contributed by atoms with Crippen LogP contribution in [0.25, 0.3) is 0 Å². The molecule has 0 aliphatic heterocycles. The quantitative estimate of drug-likeness (QED) is 0.815. The summed E-state index contributed by atoms with van der Waals surface area (Å²) in [5, 5.41) is 0. The number of rotatable bonds is 4. The molecule has 4 heteroatoms. The lowest BCUT2D eigenvalue weighted by molar-refractivity contribution is 0.595. The molecule has 0 amide bonds. The third-order valence-electron chi connectivity index (χ3n) is 2.48. The van der Waals surface area contributed by atoms with Crippen molar-refractivity contribution in [3.63, 3.8) is 0 Å². The van der Waals surface area contributed by atoms with E-state index in [1.807, 2.05) is 13.8 Å². The number of benzene rings is 1. The van der Waals surface area contributed by atoms with Crippen LogP contribution >= 0.6 is 0 Å². The first kappa shape index (κ1) is 13.2. The Morgan fingerprint density at radius 3 is 2.44 bits per heavy atom. The summed E-state index contributed by atoms with van der Waals surface area (Å²) in [6.07, 6.45) is 1.41. The molecule has 0 spiro atoms. The average Bonchev–Trinajstić information content (AvgIpc) is 2.14. The molecule has 90 valence electrons. The number of aryl methyl sites for hydroxylation is 1. The molecule has 0 bridgehead atoms. The minimum absolute atomic E-state index is 0.00846. The Labute approximate surface area is 96.4 Å². The van der Waals surface area contributed by atoms with Gasteiger partial charge in [-0.05, 0) is 29.5 Å². The van der Waals surface area contributed by atoms with Crippen molar-refractivity contribution in [1.82, 2.24) is 0 Å². The first-order valence-electron chi connectivity index (χ1n) is 5.25. The molecule has 16 heavy (non-hydrogen) atoms. The lowest BCUT2D eigenvalue weighted by Gasteiger charge is -2.09. The first-order valence-corrected chi connectivity index (χ1v) is 7.31. The Morgan fingerprint density at radius 1 is 1.31 bits per heavy atom. The molecule has 0 fully saturated rings. The Morgan fingerprint density at radius 2 is 1.94 bits per heavy atom. The van der Waals surface area contributed by atoms with E-state index in [0.29, 0.717) is 11.5 Å². The maximum atomic E-state index is 13.4. The van der Waals surface area contributed by atoms with Crippen molar-refractivity contribution in [2.45, 2.75) is 26.2 Å². The third kappa shape index (κ3) is 3.93. The highest BCUT2D eigenvalue weighted by Crippen LogP contribution is 2.18. The van der Waals surface area contributed by atoms with Crippen LogP contribution in [0.15, 0.2) is 18.2 Å². The maximum absolute atomic E-state index is 13.4. The first-order chi connectivity index (χ1) is 7.29. The summed E-state index contributed by atoms with van der Waals surface area (Å²) < 4.78 is 35.4. The van der Waals surface area contributed by atoms with Crippen molar-refractivity contribution < 1.29 is 12.8 Å². The number of hydrogen-bond donors (Lipinski definition) is 0. The molecule has 0 heterocycles. The van der Waals surface area contributed by atoms with E-state index in [1.54, 1.807) is 12.1 Å². The molecule has 0 atom stereocenters. The molecule has 1 aromatic carbocycles. The van der Waals surface area contributed by atoms with Gasteiger partial charge in [-0.25, -0.2) is 12.8 Å². The van der Waals surface area contributed by atoms with E-state index in [9.17, 15) is 12.8 Å². The maximum Gasteiger partial charge on any atom is 0.147 e. The van der Waals surface area contributed by atoms with Crippen LogP contribution in [0.1, 0.15) is 30.9 Å². The average molecular weight is 244 g/mol. The van der Waals surface area contributed by atoms with Crippen LogP contribution in [0.5, 0.6) is 0 Å². The van der Waals surface area contributed by atoms with Crippen molar-refractivity contribution >= 4 is 9.84 Å². The summed E-state index contributed by atoms with van der Waals surface area (Å²) in [5.41, 5.74) is 1.52. The topological polar surface area (TPSA) is 34.1 Å². The fourth-order valence-corrected chi connectivity index (χ4v) is 2.03. The molecule has 0 unspecified atom stereocenters. The van der Waals surface area contributed by atoms with Crippen LogP contribution in [0, 0.1) is 5.82 Å². The zero-order valence-electron chi connectivity index (χ0n) is 9.83. The smallest absolute Gasteiger partial charge is 0.147 e.